The first kappa shape index (κ1) is 17.9. The van der Waals surface area contributed by atoms with Crippen LogP contribution in [-0.4, -0.2) is 66.6 Å². The van der Waals surface area contributed by atoms with Gasteiger partial charge in [-0.25, -0.2) is 9.07 Å². The first-order valence-electron chi connectivity index (χ1n) is 8.92. The molecule has 2 N–H and O–H groups in total. The van der Waals surface area contributed by atoms with Crippen LogP contribution in [0.1, 0.15) is 24.4 Å². The van der Waals surface area contributed by atoms with Crippen LogP contribution in [0.3, 0.4) is 0 Å². The fraction of sp³-hybridized carbons (Fsp3) is 0.588. The molecule has 1 aliphatic heterocycles. The molecule has 7 nitrogen and oxygen atoms in total. The number of likely N-dealkylation sites (N-methyl/N-ethyl adjacent to an activating group) is 1. The van der Waals surface area contributed by atoms with E-state index in [1.807, 2.05) is 12.1 Å². The molecule has 25 heavy (non-hydrogen) atoms. The molecule has 0 aliphatic carbocycles. The predicted octanol–water partition coefficient (Wildman–Crippen LogP) is -1.65. The van der Waals surface area contributed by atoms with E-state index in [1.165, 1.54) is 11.0 Å². The third kappa shape index (κ3) is 4.02. The minimum absolute atomic E-state index is 0.202. The second-order valence-corrected chi connectivity index (χ2v) is 6.47. The highest BCUT2D eigenvalue weighted by atomic mass is 19.1. The average Bonchev–Trinajstić information content (AvgIpc) is 3.10. The highest BCUT2D eigenvalue weighted by molar-refractivity contribution is 5.24. The van der Waals surface area contributed by atoms with E-state index in [2.05, 4.69) is 22.4 Å². The van der Waals surface area contributed by atoms with E-state index in [1.54, 1.807) is 22.8 Å². The summed E-state index contributed by atoms with van der Waals surface area (Å²) in [5.74, 6) is 0.503. The van der Waals surface area contributed by atoms with Crippen LogP contribution in [0.5, 0.6) is 0 Å². The molecule has 0 spiro atoms. The van der Waals surface area contributed by atoms with Crippen molar-refractivity contribution in [2.45, 2.75) is 19.5 Å². The molecule has 136 valence electrons. The number of ether oxygens (including phenoxy) is 1. The lowest BCUT2D eigenvalue weighted by Gasteiger charge is -2.33. The zero-order valence-electron chi connectivity index (χ0n) is 14.9. The lowest BCUT2D eigenvalue weighted by atomic mass is 10.0. The average molecular weight is 350 g/mol. The van der Waals surface area contributed by atoms with Crippen LogP contribution >= 0.6 is 0 Å². The maximum Gasteiger partial charge on any atom is 0.214 e. The van der Waals surface area contributed by atoms with E-state index in [4.69, 9.17) is 4.74 Å². The Morgan fingerprint density at radius 3 is 2.68 bits per heavy atom. The van der Waals surface area contributed by atoms with Crippen molar-refractivity contribution in [1.82, 2.24) is 20.2 Å². The van der Waals surface area contributed by atoms with Gasteiger partial charge < -0.3 is 14.5 Å². The minimum atomic E-state index is -0.202. The van der Waals surface area contributed by atoms with Crippen LogP contribution in [0.2, 0.25) is 0 Å². The Morgan fingerprint density at radius 2 is 2.00 bits per heavy atom. The normalized spacial score (nSPS) is 22.0. The van der Waals surface area contributed by atoms with Gasteiger partial charge in [-0.2, -0.15) is 0 Å². The predicted molar refractivity (Wildman–Crippen MR) is 89.9 cm³/mol. The Morgan fingerprint density at radius 1 is 1.24 bits per heavy atom. The molecular formula is C17H27FN6O+2. The number of quaternary nitrogens is 2. The van der Waals surface area contributed by atoms with Crippen molar-refractivity contribution in [3.8, 4) is 0 Å². The van der Waals surface area contributed by atoms with Crippen molar-refractivity contribution < 1.29 is 18.9 Å². The fourth-order valence-corrected chi connectivity index (χ4v) is 3.57. The Balaban J connectivity index is 1.93. The molecule has 1 aromatic heterocycles. The molecule has 1 aromatic carbocycles. The van der Waals surface area contributed by atoms with Crippen LogP contribution in [0.25, 0.3) is 0 Å². The van der Waals surface area contributed by atoms with Gasteiger partial charge in [-0.1, -0.05) is 12.1 Å². The van der Waals surface area contributed by atoms with Crippen LogP contribution in [0.4, 0.5) is 4.39 Å². The number of benzene rings is 1. The van der Waals surface area contributed by atoms with Gasteiger partial charge in [0, 0.05) is 7.11 Å². The van der Waals surface area contributed by atoms with Crippen molar-refractivity contribution in [2.75, 3.05) is 46.4 Å². The quantitative estimate of drug-likeness (QED) is 0.628. The molecule has 1 atom stereocenters. The summed E-state index contributed by atoms with van der Waals surface area (Å²) in [7, 11) is 1.65. The summed E-state index contributed by atoms with van der Waals surface area (Å²) in [6, 6.07) is 6.76. The fourth-order valence-electron chi connectivity index (χ4n) is 3.57. The summed E-state index contributed by atoms with van der Waals surface area (Å²) in [5.41, 5.74) is 0.658. The van der Waals surface area contributed by atoms with E-state index in [9.17, 15) is 4.39 Å². The van der Waals surface area contributed by atoms with E-state index in [0.717, 1.165) is 32.7 Å². The lowest BCUT2D eigenvalue weighted by molar-refractivity contribution is -1.02. The summed E-state index contributed by atoms with van der Waals surface area (Å²) in [4.78, 5) is 2.91. The van der Waals surface area contributed by atoms with Crippen LogP contribution in [-0.2, 0) is 11.3 Å². The number of aromatic nitrogens is 4. The Labute approximate surface area is 147 Å². The van der Waals surface area contributed by atoms with Crippen molar-refractivity contribution in [2.24, 2.45) is 0 Å². The van der Waals surface area contributed by atoms with Crippen LogP contribution in [0, 0.1) is 5.82 Å². The smallest absolute Gasteiger partial charge is 0.214 e. The Hall–Kier alpha value is -1.90. The number of methoxy groups -OCH3 is 1. The van der Waals surface area contributed by atoms with Gasteiger partial charge in [0.25, 0.3) is 0 Å². The van der Waals surface area contributed by atoms with E-state index >= 15 is 0 Å². The van der Waals surface area contributed by atoms with Gasteiger partial charge in [0.1, 0.15) is 32.0 Å². The molecule has 1 aliphatic rings. The number of rotatable bonds is 7. The number of nitrogens with one attached hydrogen (secondary N) is 2. The SMILES string of the molecule is CC[NH+]1CC[NH+]([C@H](c2ccccc2F)c2nnnn2CCOC)CC1. The monoisotopic (exact) mass is 350 g/mol. The third-order valence-corrected chi connectivity index (χ3v) is 5.05. The van der Waals surface area contributed by atoms with Gasteiger partial charge in [0.15, 0.2) is 6.04 Å². The minimum Gasteiger partial charge on any atom is -0.383 e. The van der Waals surface area contributed by atoms with Crippen LogP contribution in [0.15, 0.2) is 24.3 Å². The molecule has 0 radical (unpaired) electrons. The molecule has 8 heteroatoms. The summed E-state index contributed by atoms with van der Waals surface area (Å²) < 4.78 is 21.5. The largest absolute Gasteiger partial charge is 0.383 e. The summed E-state index contributed by atoms with van der Waals surface area (Å²) in [6.07, 6.45) is 0. The molecule has 1 fully saturated rings. The van der Waals surface area contributed by atoms with Crippen molar-refractivity contribution in [3.05, 3.63) is 41.5 Å². The van der Waals surface area contributed by atoms with Crippen molar-refractivity contribution in [1.29, 1.82) is 0 Å². The van der Waals surface area contributed by atoms with Gasteiger partial charge in [0.2, 0.25) is 5.82 Å². The van der Waals surface area contributed by atoms with Gasteiger partial charge in [-0.05, 0) is 29.5 Å². The Bertz CT molecular complexity index is 671. The second-order valence-electron chi connectivity index (χ2n) is 6.47. The zero-order valence-corrected chi connectivity index (χ0v) is 14.9. The highest BCUT2D eigenvalue weighted by Gasteiger charge is 2.36. The number of hydrogen-bond donors (Lipinski definition) is 2. The van der Waals surface area contributed by atoms with E-state index in [-0.39, 0.29) is 11.9 Å². The molecule has 0 unspecified atom stereocenters. The molecule has 0 bridgehead atoms. The number of piperazine rings is 1. The Kier molecular flexibility index (Phi) is 6.06. The molecule has 1 saturated heterocycles. The van der Waals surface area contributed by atoms with Gasteiger partial charge in [-0.15, -0.1) is 5.10 Å². The van der Waals surface area contributed by atoms with Crippen molar-refractivity contribution >= 4 is 0 Å². The first-order chi connectivity index (χ1) is 12.2. The number of hydrogen-bond acceptors (Lipinski definition) is 4. The van der Waals surface area contributed by atoms with E-state index in [0.29, 0.717) is 24.5 Å². The zero-order chi connectivity index (χ0) is 17.6. The van der Waals surface area contributed by atoms with Gasteiger partial charge in [0.05, 0.1) is 25.3 Å². The summed E-state index contributed by atoms with van der Waals surface area (Å²) >= 11 is 0. The molecule has 0 saturated carbocycles. The van der Waals surface area contributed by atoms with Gasteiger partial charge in [-0.3, -0.25) is 0 Å². The molecule has 2 heterocycles. The third-order valence-electron chi connectivity index (χ3n) is 5.05. The maximum atomic E-state index is 14.6. The number of halogens is 1. The molecule has 3 rings (SSSR count). The summed E-state index contributed by atoms with van der Waals surface area (Å²) in [6.45, 7) is 8.52. The van der Waals surface area contributed by atoms with Gasteiger partial charge >= 0.3 is 0 Å². The number of nitrogens with zero attached hydrogens (tertiary/aromatic N) is 4. The summed E-state index contributed by atoms with van der Waals surface area (Å²) in [5, 5.41) is 12.2. The lowest BCUT2D eigenvalue weighted by Crippen LogP contribution is -3.28. The van der Waals surface area contributed by atoms with Crippen LogP contribution < -0.4 is 9.80 Å². The molecule has 0 amide bonds. The maximum absolute atomic E-state index is 14.6. The number of tetrazole rings is 1. The molecule has 2 aromatic rings. The standard InChI is InChI=1S/C17H25FN6O/c1-3-22-8-10-23(11-9-22)16(14-6-4-5-7-15(14)18)17-19-20-21-24(17)12-13-25-2/h4-7,16H,3,8-13H2,1-2H3/p+2/t16-/m1/s1. The first-order valence-corrected chi connectivity index (χ1v) is 8.92. The highest BCUT2D eigenvalue weighted by Crippen LogP contribution is 2.20. The van der Waals surface area contributed by atoms with Crippen molar-refractivity contribution in [3.63, 3.8) is 0 Å². The van der Waals surface area contributed by atoms with E-state index < -0.39 is 0 Å². The topological polar surface area (TPSA) is 61.7 Å². The molecular weight excluding hydrogens is 323 g/mol. The second kappa shape index (κ2) is 8.46.